The van der Waals surface area contributed by atoms with Crippen molar-refractivity contribution in [1.29, 1.82) is 0 Å². The van der Waals surface area contributed by atoms with Gasteiger partial charge in [-0.05, 0) is 47.9 Å². The maximum atomic E-state index is 12.8. The van der Waals surface area contributed by atoms with Gasteiger partial charge in [-0.15, -0.1) is 0 Å². The van der Waals surface area contributed by atoms with Gasteiger partial charge in [0.05, 0.1) is 38.1 Å². The predicted molar refractivity (Wildman–Crippen MR) is 140 cm³/mol. The van der Waals surface area contributed by atoms with Crippen molar-refractivity contribution in [3.8, 4) is 28.4 Å². The first-order valence-corrected chi connectivity index (χ1v) is 12.2. The Labute approximate surface area is 212 Å². The topological polar surface area (TPSA) is 95.7 Å². The first-order chi connectivity index (χ1) is 17.5. The minimum Gasteiger partial charge on any atom is -0.497 e. The number of carboxylic acids is 1. The third-order valence-electron chi connectivity index (χ3n) is 6.05. The third kappa shape index (κ3) is 4.22. The number of fused-ring (bicyclic) bond motifs is 2. The summed E-state index contributed by atoms with van der Waals surface area (Å²) in [5.74, 6) is 0.790. The molecule has 0 saturated carbocycles. The zero-order chi connectivity index (χ0) is 25.2. The van der Waals surface area contributed by atoms with Crippen molar-refractivity contribution in [3.63, 3.8) is 0 Å². The van der Waals surface area contributed by atoms with Crippen molar-refractivity contribution in [2.24, 2.45) is 0 Å². The zero-order valence-electron chi connectivity index (χ0n) is 20.1. The molecule has 9 heteroatoms. The number of methoxy groups -OCH3 is 2. The lowest BCUT2D eigenvalue weighted by molar-refractivity contribution is 0.0687. The fourth-order valence-corrected chi connectivity index (χ4v) is 4.90. The highest BCUT2D eigenvalue weighted by molar-refractivity contribution is 7.00. The minimum atomic E-state index is -1.02. The fraction of sp³-hybridized carbons (Fsp3) is 0.222. The van der Waals surface area contributed by atoms with Crippen molar-refractivity contribution >= 4 is 39.6 Å². The van der Waals surface area contributed by atoms with Crippen LogP contribution in [0, 0.1) is 0 Å². The van der Waals surface area contributed by atoms with Gasteiger partial charge in [-0.3, -0.25) is 0 Å². The molecule has 2 aromatic heterocycles. The second kappa shape index (κ2) is 9.87. The Morgan fingerprint density at radius 3 is 2.44 bits per heavy atom. The number of rotatable bonds is 9. The summed E-state index contributed by atoms with van der Waals surface area (Å²) in [4.78, 5) is 12.8. The Balaban J connectivity index is 1.77. The van der Waals surface area contributed by atoms with Crippen LogP contribution in [-0.4, -0.2) is 45.2 Å². The molecule has 1 N–H and O–H groups in total. The van der Waals surface area contributed by atoms with Gasteiger partial charge in [0.25, 0.3) is 0 Å². The number of nitrogens with zero attached hydrogens (tertiary/aromatic N) is 3. The molecule has 0 bridgehead atoms. The number of hydrogen-bond acceptors (Lipinski definition) is 7. The number of carbonyl (C=O) groups is 1. The molecule has 8 nitrogen and oxygen atoms in total. The maximum absolute atomic E-state index is 12.8. The van der Waals surface area contributed by atoms with Crippen LogP contribution in [0.25, 0.3) is 33.1 Å². The number of benzene rings is 3. The van der Waals surface area contributed by atoms with Gasteiger partial charge in [0.2, 0.25) is 0 Å². The van der Waals surface area contributed by atoms with Gasteiger partial charge in [0.15, 0.2) is 11.5 Å². The van der Waals surface area contributed by atoms with E-state index >= 15 is 0 Å². The van der Waals surface area contributed by atoms with Gasteiger partial charge in [-0.25, -0.2) is 4.79 Å². The van der Waals surface area contributed by atoms with Gasteiger partial charge in [-0.2, -0.15) is 8.75 Å². The molecule has 3 aromatic carbocycles. The van der Waals surface area contributed by atoms with E-state index < -0.39 is 5.97 Å². The van der Waals surface area contributed by atoms with Crippen molar-refractivity contribution in [3.05, 3.63) is 65.9 Å². The van der Waals surface area contributed by atoms with Crippen LogP contribution in [0.5, 0.6) is 17.2 Å². The normalized spacial score (nSPS) is 11.2. The summed E-state index contributed by atoms with van der Waals surface area (Å²) in [6, 6.07) is 16.9. The molecule has 36 heavy (non-hydrogen) atoms. The molecule has 0 aliphatic rings. The number of aromatic carboxylic acids is 1. The van der Waals surface area contributed by atoms with Gasteiger partial charge in [0, 0.05) is 23.6 Å². The summed E-state index contributed by atoms with van der Waals surface area (Å²) < 4.78 is 27.3. The van der Waals surface area contributed by atoms with E-state index in [4.69, 9.17) is 14.2 Å². The SMILES string of the molecule is CCCOc1cc2c(cc1OC)c(-c1ccc(OC)cc1)c(C(=O)O)n2Cc1ccc2nsnc2c1. The molecule has 5 aromatic rings. The molecule has 0 aliphatic heterocycles. The molecule has 5 rings (SSSR count). The van der Waals surface area contributed by atoms with Gasteiger partial charge >= 0.3 is 5.97 Å². The van der Waals surface area contributed by atoms with Gasteiger partial charge in [-0.1, -0.05) is 25.1 Å². The molecular weight excluding hydrogens is 478 g/mol. The van der Waals surface area contributed by atoms with E-state index in [-0.39, 0.29) is 5.69 Å². The second-order valence-electron chi connectivity index (χ2n) is 8.30. The Bertz CT molecular complexity index is 1560. The quantitative estimate of drug-likeness (QED) is 0.269. The number of aromatic nitrogens is 3. The van der Waals surface area contributed by atoms with Crippen molar-refractivity contribution < 1.29 is 24.1 Å². The second-order valence-corrected chi connectivity index (χ2v) is 8.83. The first-order valence-electron chi connectivity index (χ1n) is 11.5. The molecule has 0 radical (unpaired) electrons. The van der Waals surface area contributed by atoms with Crippen LogP contribution in [0.2, 0.25) is 0 Å². The smallest absolute Gasteiger partial charge is 0.353 e. The highest BCUT2D eigenvalue weighted by atomic mass is 32.1. The highest BCUT2D eigenvalue weighted by Gasteiger charge is 2.26. The molecule has 0 spiro atoms. The number of ether oxygens (including phenoxy) is 3. The van der Waals surface area contributed by atoms with E-state index in [1.54, 1.807) is 14.2 Å². The number of carboxylic acid groups (broad SMARTS) is 1. The van der Waals surface area contributed by atoms with Crippen LogP contribution in [0.1, 0.15) is 29.4 Å². The van der Waals surface area contributed by atoms with E-state index in [0.29, 0.717) is 36.0 Å². The summed E-state index contributed by atoms with van der Waals surface area (Å²) in [5.41, 5.74) is 4.82. The summed E-state index contributed by atoms with van der Waals surface area (Å²) in [6.07, 6.45) is 0.835. The molecule has 0 fully saturated rings. The Morgan fingerprint density at radius 1 is 0.972 bits per heavy atom. The predicted octanol–water partition coefficient (Wildman–Crippen LogP) is 5.87. The summed E-state index contributed by atoms with van der Waals surface area (Å²) >= 11 is 1.15. The molecule has 0 aliphatic carbocycles. The Morgan fingerprint density at radius 2 is 1.75 bits per heavy atom. The van der Waals surface area contributed by atoms with E-state index in [2.05, 4.69) is 8.75 Å². The van der Waals surface area contributed by atoms with Gasteiger partial charge in [0.1, 0.15) is 22.5 Å². The molecule has 184 valence electrons. The van der Waals surface area contributed by atoms with Crippen LogP contribution in [0.3, 0.4) is 0 Å². The van der Waals surface area contributed by atoms with Crippen molar-refractivity contribution in [1.82, 2.24) is 13.3 Å². The monoisotopic (exact) mass is 503 g/mol. The molecule has 2 heterocycles. The van der Waals surface area contributed by atoms with Crippen molar-refractivity contribution in [2.75, 3.05) is 20.8 Å². The Hall–Kier alpha value is -4.11. The van der Waals surface area contributed by atoms with Crippen LogP contribution >= 0.6 is 11.7 Å². The third-order valence-corrected chi connectivity index (χ3v) is 6.61. The zero-order valence-corrected chi connectivity index (χ0v) is 21.0. The summed E-state index contributed by atoms with van der Waals surface area (Å²) in [5, 5.41) is 11.2. The van der Waals surface area contributed by atoms with E-state index in [1.165, 1.54) is 0 Å². The van der Waals surface area contributed by atoms with Crippen LogP contribution in [0.15, 0.2) is 54.6 Å². The fourth-order valence-electron chi connectivity index (χ4n) is 4.39. The van der Waals surface area contributed by atoms with E-state index in [0.717, 1.165) is 51.2 Å². The maximum Gasteiger partial charge on any atom is 0.353 e. The minimum absolute atomic E-state index is 0.182. The van der Waals surface area contributed by atoms with Gasteiger partial charge < -0.3 is 23.9 Å². The number of hydrogen-bond donors (Lipinski definition) is 1. The van der Waals surface area contributed by atoms with Crippen molar-refractivity contribution in [2.45, 2.75) is 19.9 Å². The van der Waals surface area contributed by atoms with E-state index in [1.807, 2.05) is 66.1 Å². The molecule has 0 unspecified atom stereocenters. The molecular formula is C27H25N3O5S. The lowest BCUT2D eigenvalue weighted by Crippen LogP contribution is -2.10. The van der Waals surface area contributed by atoms with Crippen LogP contribution < -0.4 is 14.2 Å². The Kier molecular flexibility index (Phi) is 6.47. The van der Waals surface area contributed by atoms with Crippen LogP contribution in [-0.2, 0) is 6.54 Å². The molecule has 0 atom stereocenters. The lowest BCUT2D eigenvalue weighted by Gasteiger charge is -2.13. The molecule has 0 amide bonds. The first kappa shape index (κ1) is 23.6. The summed E-state index contributed by atoms with van der Waals surface area (Å²) in [7, 11) is 3.18. The average Bonchev–Trinajstić information content (AvgIpc) is 3.49. The summed E-state index contributed by atoms with van der Waals surface area (Å²) in [6.45, 7) is 2.88. The largest absolute Gasteiger partial charge is 0.497 e. The highest BCUT2D eigenvalue weighted by Crippen LogP contribution is 2.42. The van der Waals surface area contributed by atoms with Crippen LogP contribution in [0.4, 0.5) is 0 Å². The average molecular weight is 504 g/mol. The lowest BCUT2D eigenvalue weighted by atomic mass is 10.0. The molecule has 0 saturated heterocycles. The standard InChI is InChI=1S/C27H25N3O5S/c1-4-11-35-24-14-22-19(13-23(24)34-3)25(17-6-8-18(33-2)9-7-17)26(27(31)32)30(22)15-16-5-10-20-21(12-16)29-36-28-20/h5-10,12-14H,4,11,15H2,1-3H3,(H,31,32). The van der Waals surface area contributed by atoms with E-state index in [9.17, 15) is 9.90 Å².